The molecule has 3 heteroatoms. The molecule has 0 radical (unpaired) electrons. The van der Waals surface area contributed by atoms with Crippen LogP contribution >= 0.6 is 0 Å². The van der Waals surface area contributed by atoms with Crippen molar-refractivity contribution >= 4 is 22.5 Å². The molecule has 2 aromatic carbocycles. The maximum atomic E-state index is 12.3. The monoisotopic (exact) mass is 282 g/mol. The van der Waals surface area contributed by atoms with Crippen molar-refractivity contribution in [3.63, 3.8) is 0 Å². The molecule has 0 amide bonds. The first-order valence-electron chi connectivity index (χ1n) is 7.26. The molecule has 2 aromatic rings. The second kappa shape index (κ2) is 5.32. The topological polar surface area (TPSA) is 43.4 Å². The fourth-order valence-electron chi connectivity index (χ4n) is 3.37. The van der Waals surface area contributed by atoms with Crippen molar-refractivity contribution in [3.05, 3.63) is 48.0 Å². The molecule has 0 saturated heterocycles. The number of carbonyl (C=O) groups is 2. The number of esters is 1. The molecule has 1 aliphatic carbocycles. The van der Waals surface area contributed by atoms with Gasteiger partial charge in [0.05, 0.1) is 7.11 Å². The minimum absolute atomic E-state index is 0.0160. The standard InChI is InChI=1S/C18H18O3/c1-21-17(20)18(11-5-10-16(18)19)12-14-8-4-7-13-6-2-3-9-15(13)14/h2-4,6-9H,5,10-12H2,1H3. The molecule has 0 aromatic heterocycles. The van der Waals surface area contributed by atoms with Crippen LogP contribution in [0.2, 0.25) is 0 Å². The zero-order chi connectivity index (χ0) is 14.9. The van der Waals surface area contributed by atoms with E-state index in [2.05, 4.69) is 0 Å². The Morgan fingerprint density at radius 1 is 1.19 bits per heavy atom. The van der Waals surface area contributed by atoms with Gasteiger partial charge in [-0.1, -0.05) is 42.5 Å². The third-order valence-corrected chi connectivity index (χ3v) is 4.49. The first-order chi connectivity index (χ1) is 10.2. The molecule has 1 aliphatic rings. The van der Waals surface area contributed by atoms with Crippen LogP contribution in [0, 0.1) is 5.41 Å². The minimum atomic E-state index is -0.987. The summed E-state index contributed by atoms with van der Waals surface area (Å²) in [7, 11) is 1.36. The Balaban J connectivity index is 2.07. The molecule has 21 heavy (non-hydrogen) atoms. The van der Waals surface area contributed by atoms with Crippen LogP contribution in [0.4, 0.5) is 0 Å². The largest absolute Gasteiger partial charge is 0.468 e. The lowest BCUT2D eigenvalue weighted by Gasteiger charge is -2.25. The van der Waals surface area contributed by atoms with Crippen LogP contribution in [0.3, 0.4) is 0 Å². The van der Waals surface area contributed by atoms with Crippen molar-refractivity contribution in [3.8, 4) is 0 Å². The average molecular weight is 282 g/mol. The van der Waals surface area contributed by atoms with E-state index in [1.807, 2.05) is 42.5 Å². The fourth-order valence-corrected chi connectivity index (χ4v) is 3.37. The molecule has 1 saturated carbocycles. The molecule has 1 unspecified atom stereocenters. The van der Waals surface area contributed by atoms with E-state index in [9.17, 15) is 9.59 Å². The first kappa shape index (κ1) is 13.8. The van der Waals surface area contributed by atoms with E-state index >= 15 is 0 Å². The summed E-state index contributed by atoms with van der Waals surface area (Å²) in [5.41, 5.74) is 0.0487. The minimum Gasteiger partial charge on any atom is -0.468 e. The summed E-state index contributed by atoms with van der Waals surface area (Å²) < 4.78 is 4.93. The lowest BCUT2D eigenvalue weighted by atomic mass is 9.78. The summed E-state index contributed by atoms with van der Waals surface area (Å²) in [5.74, 6) is -0.375. The number of hydrogen-bond donors (Lipinski definition) is 0. The van der Waals surface area contributed by atoms with Crippen molar-refractivity contribution in [1.29, 1.82) is 0 Å². The molecule has 1 atom stereocenters. The quantitative estimate of drug-likeness (QED) is 0.641. The molecule has 0 bridgehead atoms. The highest BCUT2D eigenvalue weighted by molar-refractivity contribution is 6.06. The predicted octanol–water partition coefficient (Wildman–Crippen LogP) is 3.29. The lowest BCUT2D eigenvalue weighted by Crippen LogP contribution is -2.38. The summed E-state index contributed by atoms with van der Waals surface area (Å²) >= 11 is 0. The van der Waals surface area contributed by atoms with Crippen LogP contribution in [-0.2, 0) is 20.7 Å². The zero-order valence-corrected chi connectivity index (χ0v) is 12.1. The van der Waals surface area contributed by atoms with Crippen LogP contribution in [0.15, 0.2) is 42.5 Å². The Hall–Kier alpha value is -2.16. The molecule has 0 spiro atoms. The lowest BCUT2D eigenvalue weighted by molar-refractivity contribution is -0.156. The number of fused-ring (bicyclic) bond motifs is 1. The third-order valence-electron chi connectivity index (χ3n) is 4.49. The second-order valence-corrected chi connectivity index (χ2v) is 5.67. The van der Waals surface area contributed by atoms with Crippen molar-refractivity contribution in [1.82, 2.24) is 0 Å². The summed E-state index contributed by atoms with van der Waals surface area (Å²) in [4.78, 5) is 24.6. The highest BCUT2D eigenvalue weighted by Gasteiger charge is 2.49. The van der Waals surface area contributed by atoms with E-state index in [1.54, 1.807) is 0 Å². The number of Topliss-reactive ketones (excluding diaryl/α,β-unsaturated/α-hetero) is 1. The number of benzene rings is 2. The first-order valence-corrected chi connectivity index (χ1v) is 7.26. The Kier molecular flexibility index (Phi) is 3.50. The summed E-state index contributed by atoms with van der Waals surface area (Å²) in [6.07, 6.45) is 2.25. The maximum Gasteiger partial charge on any atom is 0.319 e. The molecule has 3 nitrogen and oxygen atoms in total. The maximum absolute atomic E-state index is 12.3. The summed E-state index contributed by atoms with van der Waals surface area (Å²) in [5, 5.41) is 2.23. The van der Waals surface area contributed by atoms with Gasteiger partial charge in [0.15, 0.2) is 5.78 Å². The molecule has 0 heterocycles. The van der Waals surface area contributed by atoms with E-state index in [-0.39, 0.29) is 5.78 Å². The van der Waals surface area contributed by atoms with Crippen molar-refractivity contribution in [2.24, 2.45) is 5.41 Å². The number of rotatable bonds is 3. The Bertz CT molecular complexity index is 699. The van der Waals surface area contributed by atoms with Crippen LogP contribution in [-0.4, -0.2) is 18.9 Å². The zero-order valence-electron chi connectivity index (χ0n) is 12.1. The van der Waals surface area contributed by atoms with Gasteiger partial charge in [-0.2, -0.15) is 0 Å². The van der Waals surface area contributed by atoms with Crippen LogP contribution < -0.4 is 0 Å². The van der Waals surface area contributed by atoms with Gasteiger partial charge in [-0.25, -0.2) is 0 Å². The van der Waals surface area contributed by atoms with Crippen molar-refractivity contribution in [2.45, 2.75) is 25.7 Å². The second-order valence-electron chi connectivity index (χ2n) is 5.67. The molecule has 0 N–H and O–H groups in total. The van der Waals surface area contributed by atoms with Gasteiger partial charge in [-0.3, -0.25) is 9.59 Å². The number of ketones is 1. The molecule has 108 valence electrons. The van der Waals surface area contributed by atoms with Gasteiger partial charge in [-0.15, -0.1) is 0 Å². The summed E-state index contributed by atoms with van der Waals surface area (Å²) in [6, 6.07) is 14.1. The van der Waals surface area contributed by atoms with E-state index in [4.69, 9.17) is 4.74 Å². The van der Waals surface area contributed by atoms with Gasteiger partial charge in [0.2, 0.25) is 0 Å². The Labute approximate surface area is 123 Å². The van der Waals surface area contributed by atoms with Crippen molar-refractivity contribution < 1.29 is 14.3 Å². The Morgan fingerprint density at radius 2 is 1.95 bits per heavy atom. The third kappa shape index (κ3) is 2.23. The van der Waals surface area contributed by atoms with Gasteiger partial charge in [-0.05, 0) is 35.6 Å². The van der Waals surface area contributed by atoms with Crippen LogP contribution in [0.5, 0.6) is 0 Å². The highest BCUT2D eigenvalue weighted by atomic mass is 16.5. The van der Waals surface area contributed by atoms with Gasteiger partial charge in [0.1, 0.15) is 5.41 Å². The highest BCUT2D eigenvalue weighted by Crippen LogP contribution is 2.40. The van der Waals surface area contributed by atoms with Gasteiger partial charge < -0.3 is 4.74 Å². The number of methoxy groups -OCH3 is 1. The summed E-state index contributed by atoms with van der Waals surface area (Å²) in [6.45, 7) is 0. The van der Waals surface area contributed by atoms with Crippen LogP contribution in [0.25, 0.3) is 10.8 Å². The van der Waals surface area contributed by atoms with E-state index in [0.29, 0.717) is 19.3 Å². The number of hydrogen-bond acceptors (Lipinski definition) is 3. The predicted molar refractivity (Wildman–Crippen MR) is 81.0 cm³/mol. The van der Waals surface area contributed by atoms with E-state index < -0.39 is 11.4 Å². The van der Waals surface area contributed by atoms with Crippen LogP contribution in [0.1, 0.15) is 24.8 Å². The van der Waals surface area contributed by atoms with Gasteiger partial charge >= 0.3 is 5.97 Å². The Morgan fingerprint density at radius 3 is 2.67 bits per heavy atom. The molecular weight excluding hydrogens is 264 g/mol. The fraction of sp³-hybridized carbons (Fsp3) is 0.333. The molecular formula is C18H18O3. The number of carbonyl (C=O) groups excluding carboxylic acids is 2. The average Bonchev–Trinajstić information content (AvgIpc) is 2.89. The van der Waals surface area contributed by atoms with E-state index in [1.165, 1.54) is 7.11 Å². The normalized spacial score (nSPS) is 21.7. The molecule has 3 rings (SSSR count). The van der Waals surface area contributed by atoms with Gasteiger partial charge in [0, 0.05) is 6.42 Å². The van der Waals surface area contributed by atoms with Crippen molar-refractivity contribution in [2.75, 3.05) is 7.11 Å². The number of ether oxygens (including phenoxy) is 1. The molecule has 0 aliphatic heterocycles. The molecule has 1 fully saturated rings. The van der Waals surface area contributed by atoms with E-state index in [0.717, 1.165) is 22.8 Å². The SMILES string of the molecule is COC(=O)C1(Cc2cccc3ccccc23)CCCC1=O. The van der Waals surface area contributed by atoms with Gasteiger partial charge in [0.25, 0.3) is 0 Å². The smallest absolute Gasteiger partial charge is 0.319 e.